The zero-order valence-corrected chi connectivity index (χ0v) is 13.5. The third kappa shape index (κ3) is 3.54. The number of nitrogens with zero attached hydrogens (tertiary/aromatic N) is 2. The highest BCUT2D eigenvalue weighted by atomic mass is 15.2. The summed E-state index contributed by atoms with van der Waals surface area (Å²) in [4.78, 5) is 2.68. The molecule has 3 heteroatoms. The number of nitriles is 1. The van der Waals surface area contributed by atoms with Crippen molar-refractivity contribution in [1.82, 2.24) is 10.2 Å². The molecule has 2 fully saturated rings. The van der Waals surface area contributed by atoms with Gasteiger partial charge in [0.25, 0.3) is 0 Å². The van der Waals surface area contributed by atoms with Crippen LogP contribution in [0.25, 0.3) is 0 Å². The maximum Gasteiger partial charge on any atom is 0.108 e. The normalized spacial score (nSPS) is 36.0. The van der Waals surface area contributed by atoms with E-state index in [0.29, 0.717) is 6.04 Å². The average molecular weight is 277 g/mol. The van der Waals surface area contributed by atoms with Gasteiger partial charge in [-0.1, -0.05) is 20.8 Å². The van der Waals surface area contributed by atoms with Gasteiger partial charge in [-0.25, -0.2) is 0 Å². The van der Waals surface area contributed by atoms with E-state index in [2.05, 4.69) is 37.1 Å². The molecule has 20 heavy (non-hydrogen) atoms. The molecule has 0 aromatic rings. The monoisotopic (exact) mass is 277 g/mol. The lowest BCUT2D eigenvalue weighted by atomic mass is 9.89. The summed E-state index contributed by atoms with van der Waals surface area (Å²) in [5.41, 5.74) is -0.247. The van der Waals surface area contributed by atoms with Crippen molar-refractivity contribution in [3.63, 3.8) is 0 Å². The molecule has 1 aliphatic carbocycles. The Kier molecular flexibility index (Phi) is 5.46. The van der Waals surface area contributed by atoms with Crippen molar-refractivity contribution < 1.29 is 0 Å². The Morgan fingerprint density at radius 3 is 2.75 bits per heavy atom. The van der Waals surface area contributed by atoms with Crippen LogP contribution < -0.4 is 5.32 Å². The second kappa shape index (κ2) is 6.91. The maximum atomic E-state index is 9.50. The Balaban J connectivity index is 1.92. The minimum Gasteiger partial charge on any atom is -0.300 e. The third-order valence-electron chi connectivity index (χ3n) is 5.48. The standard InChI is InChI=1S/C17H31N3/c1-4-19-17(13-18)9-7-16(12-17)20-10-5-6-15(8-11-20)14(2)3/h14-16,19H,4-12H2,1-3H3. The van der Waals surface area contributed by atoms with Crippen LogP contribution in [0.2, 0.25) is 0 Å². The van der Waals surface area contributed by atoms with Crippen molar-refractivity contribution in [1.29, 1.82) is 5.26 Å². The molecule has 1 saturated heterocycles. The van der Waals surface area contributed by atoms with Crippen LogP contribution in [0.1, 0.15) is 59.3 Å². The van der Waals surface area contributed by atoms with E-state index in [0.717, 1.165) is 31.2 Å². The van der Waals surface area contributed by atoms with Crippen LogP contribution in [-0.2, 0) is 0 Å². The summed E-state index contributed by atoms with van der Waals surface area (Å²) < 4.78 is 0. The van der Waals surface area contributed by atoms with Crippen molar-refractivity contribution in [3.05, 3.63) is 0 Å². The van der Waals surface area contributed by atoms with E-state index in [9.17, 15) is 5.26 Å². The van der Waals surface area contributed by atoms with Gasteiger partial charge in [-0.05, 0) is 70.0 Å². The quantitative estimate of drug-likeness (QED) is 0.858. The van der Waals surface area contributed by atoms with Crippen molar-refractivity contribution >= 4 is 0 Å². The average Bonchev–Trinajstić information content (AvgIpc) is 2.70. The van der Waals surface area contributed by atoms with Gasteiger partial charge in [0.15, 0.2) is 0 Å². The van der Waals surface area contributed by atoms with Crippen LogP contribution in [0.5, 0.6) is 0 Å². The van der Waals surface area contributed by atoms with Crippen molar-refractivity contribution in [2.75, 3.05) is 19.6 Å². The summed E-state index contributed by atoms with van der Waals surface area (Å²) >= 11 is 0. The molecule has 1 N–H and O–H groups in total. The first-order chi connectivity index (χ1) is 9.60. The first-order valence-corrected chi connectivity index (χ1v) is 8.50. The molecule has 0 aromatic carbocycles. The van der Waals surface area contributed by atoms with E-state index in [1.54, 1.807) is 0 Å². The summed E-state index contributed by atoms with van der Waals surface area (Å²) in [5, 5.41) is 12.9. The van der Waals surface area contributed by atoms with Gasteiger partial charge >= 0.3 is 0 Å². The molecule has 1 aliphatic heterocycles. The SMILES string of the molecule is CCNC1(C#N)CCC(N2CCCC(C(C)C)CC2)C1. The lowest BCUT2D eigenvalue weighted by molar-refractivity contribution is 0.194. The first-order valence-electron chi connectivity index (χ1n) is 8.50. The van der Waals surface area contributed by atoms with Gasteiger partial charge in [0.05, 0.1) is 6.07 Å². The van der Waals surface area contributed by atoms with Crippen molar-refractivity contribution in [2.24, 2.45) is 11.8 Å². The van der Waals surface area contributed by atoms with E-state index in [-0.39, 0.29) is 5.54 Å². The highest BCUT2D eigenvalue weighted by Gasteiger charge is 2.41. The molecule has 0 bridgehead atoms. The lowest BCUT2D eigenvalue weighted by Gasteiger charge is -2.29. The van der Waals surface area contributed by atoms with Gasteiger partial charge in [-0.15, -0.1) is 0 Å². The molecule has 3 atom stereocenters. The Labute approximate surface area is 124 Å². The van der Waals surface area contributed by atoms with Gasteiger partial charge in [0.2, 0.25) is 0 Å². The molecular weight excluding hydrogens is 246 g/mol. The van der Waals surface area contributed by atoms with Gasteiger partial charge in [-0.2, -0.15) is 5.26 Å². The minimum atomic E-state index is -0.247. The molecule has 1 saturated carbocycles. The summed E-state index contributed by atoms with van der Waals surface area (Å²) in [6.07, 6.45) is 7.29. The van der Waals surface area contributed by atoms with E-state index < -0.39 is 0 Å². The lowest BCUT2D eigenvalue weighted by Crippen LogP contribution is -2.44. The molecule has 2 aliphatic rings. The molecule has 0 amide bonds. The van der Waals surface area contributed by atoms with Gasteiger partial charge in [0, 0.05) is 6.04 Å². The smallest absolute Gasteiger partial charge is 0.108 e. The molecule has 0 spiro atoms. The van der Waals surface area contributed by atoms with E-state index in [1.165, 1.54) is 38.8 Å². The second-order valence-electron chi connectivity index (χ2n) is 7.09. The van der Waals surface area contributed by atoms with Crippen LogP contribution in [0.4, 0.5) is 0 Å². The predicted octanol–water partition coefficient (Wildman–Crippen LogP) is 3.17. The number of nitrogens with one attached hydrogen (secondary N) is 1. The minimum absolute atomic E-state index is 0.247. The highest BCUT2D eigenvalue weighted by molar-refractivity contribution is 5.13. The van der Waals surface area contributed by atoms with Gasteiger partial charge < -0.3 is 4.90 Å². The fourth-order valence-corrected chi connectivity index (χ4v) is 4.15. The van der Waals surface area contributed by atoms with Crippen molar-refractivity contribution in [3.8, 4) is 6.07 Å². The Morgan fingerprint density at radius 1 is 1.30 bits per heavy atom. The second-order valence-corrected chi connectivity index (χ2v) is 7.09. The molecule has 3 nitrogen and oxygen atoms in total. The summed E-state index contributed by atoms with van der Waals surface area (Å²) in [6, 6.07) is 3.18. The summed E-state index contributed by atoms with van der Waals surface area (Å²) in [6.45, 7) is 10.2. The first kappa shape index (κ1) is 15.8. The van der Waals surface area contributed by atoms with E-state index in [4.69, 9.17) is 0 Å². The predicted molar refractivity (Wildman–Crippen MR) is 83.4 cm³/mol. The Bertz CT molecular complexity index is 347. The zero-order valence-electron chi connectivity index (χ0n) is 13.5. The largest absolute Gasteiger partial charge is 0.300 e. The molecule has 114 valence electrons. The Morgan fingerprint density at radius 2 is 2.10 bits per heavy atom. The van der Waals surface area contributed by atoms with Crippen LogP contribution in [0.15, 0.2) is 0 Å². The number of hydrogen-bond acceptors (Lipinski definition) is 3. The third-order valence-corrected chi connectivity index (χ3v) is 5.48. The number of likely N-dealkylation sites (tertiary alicyclic amines) is 1. The molecule has 0 radical (unpaired) electrons. The topological polar surface area (TPSA) is 39.1 Å². The van der Waals surface area contributed by atoms with E-state index in [1.807, 2.05) is 0 Å². The van der Waals surface area contributed by atoms with Gasteiger partial charge in [-0.3, -0.25) is 5.32 Å². The maximum absolute atomic E-state index is 9.50. The molecule has 1 heterocycles. The fraction of sp³-hybridized carbons (Fsp3) is 0.941. The van der Waals surface area contributed by atoms with E-state index >= 15 is 0 Å². The summed E-state index contributed by atoms with van der Waals surface area (Å²) in [7, 11) is 0. The molecule has 3 unspecified atom stereocenters. The molecule has 2 rings (SSSR count). The van der Waals surface area contributed by atoms with Crippen LogP contribution in [-0.4, -0.2) is 36.1 Å². The van der Waals surface area contributed by atoms with Gasteiger partial charge in [0.1, 0.15) is 5.54 Å². The number of hydrogen-bond donors (Lipinski definition) is 1. The molecule has 0 aromatic heterocycles. The molecular formula is C17H31N3. The number of rotatable bonds is 4. The van der Waals surface area contributed by atoms with Crippen LogP contribution >= 0.6 is 0 Å². The van der Waals surface area contributed by atoms with Crippen LogP contribution in [0.3, 0.4) is 0 Å². The van der Waals surface area contributed by atoms with Crippen LogP contribution in [0, 0.1) is 23.2 Å². The zero-order chi connectivity index (χ0) is 14.6. The summed E-state index contributed by atoms with van der Waals surface area (Å²) in [5.74, 6) is 1.72. The fourth-order valence-electron chi connectivity index (χ4n) is 4.15. The highest BCUT2D eigenvalue weighted by Crippen LogP contribution is 2.35. The Hall–Kier alpha value is -0.590. The van der Waals surface area contributed by atoms with Crippen molar-refractivity contribution in [2.45, 2.75) is 70.9 Å².